The average Bonchev–Trinajstić information content (AvgIpc) is 3.11. The lowest BCUT2D eigenvalue weighted by Gasteiger charge is -2.26. The number of benzene rings is 2. The standard InChI is InChI=1S/C25H25Cl2F3N4O3S/c1-15-23(16(2)34(32-15)14-17-7-6-8-18(11-17)25(28,29)30)31-24(35)19-12-22(21(27)13-20(19)26)38(36,37)33-9-4-3-5-10-33/h6-8,11-13H,3-5,9-10,14H2,1-2H3,(H,31,35). The first-order valence-corrected chi connectivity index (χ1v) is 14.0. The number of rotatable bonds is 6. The molecular weight excluding hydrogens is 564 g/mol. The number of sulfonamides is 1. The first-order valence-electron chi connectivity index (χ1n) is 11.8. The Labute approximate surface area is 228 Å². The van der Waals surface area contributed by atoms with Gasteiger partial charge in [-0.3, -0.25) is 9.48 Å². The van der Waals surface area contributed by atoms with E-state index in [1.807, 2.05) is 0 Å². The summed E-state index contributed by atoms with van der Waals surface area (Å²) in [5, 5.41) is 6.96. The van der Waals surface area contributed by atoms with Crippen LogP contribution in [0.4, 0.5) is 18.9 Å². The molecule has 1 N–H and O–H groups in total. The van der Waals surface area contributed by atoms with E-state index in [1.165, 1.54) is 27.2 Å². The summed E-state index contributed by atoms with van der Waals surface area (Å²) >= 11 is 12.5. The highest BCUT2D eigenvalue weighted by Gasteiger charge is 2.31. The lowest BCUT2D eigenvalue weighted by atomic mass is 10.1. The molecule has 1 saturated heterocycles. The van der Waals surface area contributed by atoms with Gasteiger partial charge in [-0.2, -0.15) is 22.6 Å². The highest BCUT2D eigenvalue weighted by Crippen LogP contribution is 2.33. The Morgan fingerprint density at radius 2 is 1.74 bits per heavy atom. The van der Waals surface area contributed by atoms with Gasteiger partial charge >= 0.3 is 6.18 Å². The Bertz CT molecular complexity index is 1480. The van der Waals surface area contributed by atoms with Crippen molar-refractivity contribution < 1.29 is 26.4 Å². The van der Waals surface area contributed by atoms with E-state index >= 15 is 0 Å². The molecule has 1 fully saturated rings. The maximum absolute atomic E-state index is 13.2. The predicted molar refractivity (Wildman–Crippen MR) is 139 cm³/mol. The minimum Gasteiger partial charge on any atom is -0.319 e. The van der Waals surface area contributed by atoms with E-state index in [0.29, 0.717) is 35.7 Å². The van der Waals surface area contributed by atoms with Crippen molar-refractivity contribution in [2.45, 2.75) is 50.7 Å². The number of nitrogens with one attached hydrogen (secondary N) is 1. The molecule has 2 aromatic carbocycles. The average molecular weight is 589 g/mol. The largest absolute Gasteiger partial charge is 0.416 e. The van der Waals surface area contributed by atoms with Crippen LogP contribution in [-0.4, -0.2) is 41.5 Å². The van der Waals surface area contributed by atoms with Crippen molar-refractivity contribution >= 4 is 44.8 Å². The molecule has 204 valence electrons. The fourth-order valence-electron chi connectivity index (χ4n) is 4.38. The number of piperidine rings is 1. The summed E-state index contributed by atoms with van der Waals surface area (Å²) in [4.78, 5) is 13.0. The van der Waals surface area contributed by atoms with Gasteiger partial charge in [0, 0.05) is 13.1 Å². The molecule has 0 aliphatic carbocycles. The predicted octanol–water partition coefficient (Wildman–Crippen LogP) is 6.30. The molecule has 13 heteroatoms. The Balaban J connectivity index is 1.60. The monoisotopic (exact) mass is 588 g/mol. The number of carbonyl (C=O) groups excluding carboxylic acids is 1. The zero-order chi connectivity index (χ0) is 27.8. The Kier molecular flexibility index (Phi) is 8.13. The quantitative estimate of drug-likeness (QED) is 0.366. The second kappa shape index (κ2) is 10.9. The summed E-state index contributed by atoms with van der Waals surface area (Å²) in [5.74, 6) is -0.674. The van der Waals surface area contributed by atoms with Gasteiger partial charge in [-0.05, 0) is 56.5 Å². The van der Waals surface area contributed by atoms with Crippen molar-refractivity contribution in [3.05, 3.63) is 74.5 Å². The highest BCUT2D eigenvalue weighted by molar-refractivity contribution is 7.89. The zero-order valence-corrected chi connectivity index (χ0v) is 22.9. The molecule has 7 nitrogen and oxygen atoms in total. The molecule has 2 heterocycles. The van der Waals surface area contributed by atoms with Gasteiger partial charge in [0.1, 0.15) is 4.90 Å². The van der Waals surface area contributed by atoms with Crippen LogP contribution in [0.1, 0.15) is 52.1 Å². The van der Waals surface area contributed by atoms with E-state index in [1.54, 1.807) is 19.9 Å². The number of aryl methyl sites for hydroxylation is 1. The molecule has 0 saturated carbocycles. The lowest BCUT2D eigenvalue weighted by molar-refractivity contribution is -0.137. The van der Waals surface area contributed by atoms with Gasteiger partial charge in [0.25, 0.3) is 5.91 Å². The number of carbonyl (C=O) groups is 1. The highest BCUT2D eigenvalue weighted by atomic mass is 35.5. The maximum Gasteiger partial charge on any atom is 0.416 e. The molecule has 38 heavy (non-hydrogen) atoms. The molecule has 1 aliphatic heterocycles. The summed E-state index contributed by atoms with van der Waals surface area (Å²) in [7, 11) is -3.93. The molecule has 0 spiro atoms. The first kappa shape index (κ1) is 28.4. The van der Waals surface area contributed by atoms with E-state index in [0.717, 1.165) is 31.4 Å². The van der Waals surface area contributed by atoms with Crippen LogP contribution in [-0.2, 0) is 22.7 Å². The van der Waals surface area contributed by atoms with Crippen molar-refractivity contribution in [2.24, 2.45) is 0 Å². The second-order valence-electron chi connectivity index (χ2n) is 9.08. The van der Waals surface area contributed by atoms with Crippen molar-refractivity contribution in [2.75, 3.05) is 18.4 Å². The summed E-state index contributed by atoms with van der Waals surface area (Å²) in [6, 6.07) is 7.32. The van der Waals surface area contributed by atoms with Crippen LogP contribution in [0.2, 0.25) is 10.0 Å². The van der Waals surface area contributed by atoms with Crippen LogP contribution in [0.3, 0.4) is 0 Å². The van der Waals surface area contributed by atoms with Crippen LogP contribution in [0.15, 0.2) is 41.3 Å². The van der Waals surface area contributed by atoms with Crippen molar-refractivity contribution in [3.63, 3.8) is 0 Å². The number of nitrogens with zero attached hydrogens (tertiary/aromatic N) is 3. The number of anilines is 1. The summed E-state index contributed by atoms with van der Waals surface area (Å²) in [5.41, 5.74) is 0.799. The molecule has 4 rings (SSSR count). The van der Waals surface area contributed by atoms with Gasteiger partial charge in [-0.15, -0.1) is 0 Å². The number of hydrogen-bond donors (Lipinski definition) is 1. The maximum atomic E-state index is 13.2. The molecule has 0 atom stereocenters. The van der Waals surface area contributed by atoms with Crippen LogP contribution >= 0.6 is 23.2 Å². The van der Waals surface area contributed by atoms with Crippen LogP contribution in [0.5, 0.6) is 0 Å². The molecule has 1 aromatic heterocycles. The number of hydrogen-bond acceptors (Lipinski definition) is 4. The topological polar surface area (TPSA) is 84.3 Å². The van der Waals surface area contributed by atoms with Crippen LogP contribution in [0, 0.1) is 13.8 Å². The van der Waals surface area contributed by atoms with Crippen molar-refractivity contribution in [1.29, 1.82) is 0 Å². The van der Waals surface area contributed by atoms with Gasteiger partial charge in [-0.1, -0.05) is 41.8 Å². The zero-order valence-electron chi connectivity index (χ0n) is 20.6. The normalized spacial score (nSPS) is 15.0. The van der Waals surface area contributed by atoms with E-state index in [2.05, 4.69) is 10.4 Å². The Morgan fingerprint density at radius 3 is 2.39 bits per heavy atom. The Morgan fingerprint density at radius 1 is 1.05 bits per heavy atom. The third kappa shape index (κ3) is 5.85. The van der Waals surface area contributed by atoms with Gasteiger partial charge < -0.3 is 5.32 Å². The number of aromatic nitrogens is 2. The SMILES string of the molecule is Cc1nn(Cc2cccc(C(F)(F)F)c2)c(C)c1NC(=O)c1cc(S(=O)(=O)N2CCCCC2)c(Cl)cc1Cl. The second-order valence-corrected chi connectivity index (χ2v) is 11.8. The minimum atomic E-state index is -4.47. The molecule has 1 amide bonds. The van der Waals surface area contributed by atoms with Crippen LogP contribution in [0.25, 0.3) is 0 Å². The third-order valence-electron chi connectivity index (χ3n) is 6.41. The molecule has 0 radical (unpaired) electrons. The first-order chi connectivity index (χ1) is 17.8. The van der Waals surface area contributed by atoms with Gasteiger partial charge in [0.2, 0.25) is 10.0 Å². The fraction of sp³-hybridized carbons (Fsp3) is 0.360. The van der Waals surface area contributed by atoms with Gasteiger partial charge in [-0.25, -0.2) is 8.42 Å². The van der Waals surface area contributed by atoms with Gasteiger partial charge in [0.05, 0.1) is 44.8 Å². The summed E-state index contributed by atoms with van der Waals surface area (Å²) in [6.07, 6.45) is -2.06. The molecule has 0 bridgehead atoms. The lowest BCUT2D eigenvalue weighted by Crippen LogP contribution is -2.35. The third-order valence-corrected chi connectivity index (χ3v) is 9.08. The molecule has 3 aromatic rings. The van der Waals surface area contributed by atoms with Crippen molar-refractivity contribution in [1.82, 2.24) is 14.1 Å². The van der Waals surface area contributed by atoms with Crippen LogP contribution < -0.4 is 5.32 Å². The number of halogens is 5. The van der Waals surface area contributed by atoms with E-state index < -0.39 is 27.7 Å². The molecular formula is C25H25Cl2F3N4O3S. The number of alkyl halides is 3. The van der Waals surface area contributed by atoms with Gasteiger partial charge in [0.15, 0.2) is 0 Å². The summed E-state index contributed by atoms with van der Waals surface area (Å²) in [6.45, 7) is 4.09. The van der Waals surface area contributed by atoms with E-state index in [9.17, 15) is 26.4 Å². The smallest absolute Gasteiger partial charge is 0.319 e. The van der Waals surface area contributed by atoms with Crippen molar-refractivity contribution in [3.8, 4) is 0 Å². The number of amides is 1. The fourth-order valence-corrected chi connectivity index (χ4v) is 6.73. The van der Waals surface area contributed by atoms with E-state index in [4.69, 9.17) is 23.2 Å². The molecule has 0 unspecified atom stereocenters. The Hall–Kier alpha value is -2.60. The molecule has 1 aliphatic rings. The van der Waals surface area contributed by atoms with E-state index in [-0.39, 0.29) is 27.0 Å². The summed E-state index contributed by atoms with van der Waals surface area (Å²) < 4.78 is 68.5. The minimum absolute atomic E-state index is 0.0308.